The summed E-state index contributed by atoms with van der Waals surface area (Å²) in [5, 5.41) is 2.80. The molecule has 9 fully saturated rings. The lowest BCUT2D eigenvalue weighted by atomic mass is 9.23. The van der Waals surface area contributed by atoms with Crippen LogP contribution in [0.1, 0.15) is 107 Å². The minimum atomic E-state index is -0.228. The van der Waals surface area contributed by atoms with Crippen molar-refractivity contribution in [2.45, 2.75) is 113 Å². The predicted molar refractivity (Wildman–Crippen MR) is 142 cm³/mol. The van der Waals surface area contributed by atoms with E-state index in [0.717, 1.165) is 24.2 Å². The van der Waals surface area contributed by atoms with E-state index in [1.807, 2.05) is 0 Å². The van der Waals surface area contributed by atoms with Gasteiger partial charge in [-0.15, -0.1) is 0 Å². The summed E-state index contributed by atoms with van der Waals surface area (Å²) in [6.45, 7) is 23.4. The highest BCUT2D eigenvalue weighted by Crippen LogP contribution is 2.83. The van der Waals surface area contributed by atoms with Crippen molar-refractivity contribution >= 4 is 6.09 Å². The summed E-state index contributed by atoms with van der Waals surface area (Å²) < 4.78 is 6.40. The molecule has 0 aromatic rings. The normalized spacial score (nSPS) is 56.1. The zero-order valence-electron chi connectivity index (χ0n) is 24.4. The molecule has 3 nitrogen and oxygen atoms in total. The highest BCUT2D eigenvalue weighted by Gasteiger charge is 2.79. The van der Waals surface area contributed by atoms with Gasteiger partial charge in [0.05, 0.1) is 0 Å². The first-order valence-corrected chi connectivity index (χ1v) is 15.0. The fourth-order valence-electron chi connectivity index (χ4n) is 12.9. The van der Waals surface area contributed by atoms with Crippen LogP contribution in [-0.2, 0) is 4.74 Å². The third kappa shape index (κ3) is 2.58. The van der Waals surface area contributed by atoms with Crippen LogP contribution in [0.4, 0.5) is 4.79 Å². The molecule has 0 aromatic carbocycles. The van der Waals surface area contributed by atoms with Crippen molar-refractivity contribution in [3.8, 4) is 0 Å². The number of carbonyl (C=O) groups excluding carboxylic acids is 1. The van der Waals surface area contributed by atoms with Gasteiger partial charge >= 0.3 is 6.09 Å². The Morgan fingerprint density at radius 1 is 0.657 bits per heavy atom. The van der Waals surface area contributed by atoms with Gasteiger partial charge in [-0.1, -0.05) is 62.3 Å². The Kier molecular flexibility index (Phi) is 4.79. The van der Waals surface area contributed by atoms with E-state index in [0.29, 0.717) is 45.3 Å². The monoisotopic (exact) mass is 483 g/mol. The number of nitrogens with one attached hydrogen (secondary N) is 1. The molecule has 9 aliphatic rings. The van der Waals surface area contributed by atoms with Crippen molar-refractivity contribution in [2.24, 2.45) is 73.9 Å². The van der Waals surface area contributed by atoms with Crippen LogP contribution >= 0.6 is 0 Å². The molecular formula is C32H53NO2. The molecule has 0 radical (unpaired) electrons. The Hall–Kier alpha value is -0.730. The second-order valence-electron chi connectivity index (χ2n) is 16.7. The van der Waals surface area contributed by atoms with Crippen LogP contribution in [0.15, 0.2) is 0 Å². The highest BCUT2D eigenvalue weighted by molar-refractivity contribution is 5.67. The first-order valence-electron chi connectivity index (χ1n) is 15.0. The predicted octanol–water partition coefficient (Wildman–Crippen LogP) is 7.93. The van der Waals surface area contributed by atoms with E-state index in [-0.39, 0.29) is 23.0 Å². The summed E-state index contributed by atoms with van der Waals surface area (Å²) in [5.41, 5.74) is 1.78. The maximum absolute atomic E-state index is 12.7. The molecule has 6 bridgehead atoms. The third-order valence-corrected chi connectivity index (χ3v) is 15.5. The van der Waals surface area contributed by atoms with Crippen LogP contribution < -0.4 is 5.32 Å². The minimum Gasteiger partial charge on any atom is -0.446 e. The Morgan fingerprint density at radius 3 is 1.66 bits per heavy atom. The van der Waals surface area contributed by atoms with Gasteiger partial charge < -0.3 is 10.1 Å². The van der Waals surface area contributed by atoms with Gasteiger partial charge in [0.1, 0.15) is 6.10 Å². The van der Waals surface area contributed by atoms with Gasteiger partial charge in [-0.05, 0) is 113 Å². The lowest BCUT2D eigenvalue weighted by Crippen LogP contribution is -2.77. The van der Waals surface area contributed by atoms with E-state index < -0.39 is 0 Å². The van der Waals surface area contributed by atoms with Crippen molar-refractivity contribution in [1.29, 1.82) is 0 Å². The van der Waals surface area contributed by atoms with Gasteiger partial charge in [-0.25, -0.2) is 4.79 Å². The second kappa shape index (κ2) is 6.82. The largest absolute Gasteiger partial charge is 0.446 e. The number of carbonyl (C=O) groups is 1. The van der Waals surface area contributed by atoms with Crippen molar-refractivity contribution in [1.82, 2.24) is 5.32 Å². The first-order chi connectivity index (χ1) is 16.1. The quantitative estimate of drug-likeness (QED) is 0.442. The molecule has 9 aliphatic carbocycles. The van der Waals surface area contributed by atoms with Gasteiger partial charge in [0.15, 0.2) is 0 Å². The lowest BCUT2D eigenvalue weighted by molar-refractivity contribution is -0.344. The van der Waals surface area contributed by atoms with Crippen LogP contribution in [0, 0.1) is 73.9 Å². The topological polar surface area (TPSA) is 38.3 Å². The molecule has 0 heterocycles. The summed E-state index contributed by atoms with van der Waals surface area (Å²) >= 11 is 0. The summed E-state index contributed by atoms with van der Waals surface area (Å²) in [4.78, 5) is 12.7. The molecule has 198 valence electrons. The van der Waals surface area contributed by atoms with Crippen molar-refractivity contribution < 1.29 is 9.53 Å². The van der Waals surface area contributed by atoms with Gasteiger partial charge in [0, 0.05) is 12.5 Å². The second-order valence-corrected chi connectivity index (χ2v) is 16.7. The molecule has 0 aromatic heterocycles. The highest BCUT2D eigenvalue weighted by atomic mass is 16.6. The fourth-order valence-corrected chi connectivity index (χ4v) is 12.9. The van der Waals surface area contributed by atoms with Gasteiger partial charge in [-0.2, -0.15) is 0 Å². The molecule has 11 unspecified atom stereocenters. The van der Waals surface area contributed by atoms with E-state index in [9.17, 15) is 4.79 Å². The third-order valence-electron chi connectivity index (χ3n) is 15.5. The van der Waals surface area contributed by atoms with Crippen LogP contribution in [0.2, 0.25) is 0 Å². The molecule has 9 saturated carbocycles. The van der Waals surface area contributed by atoms with E-state index in [4.69, 9.17) is 4.74 Å². The summed E-state index contributed by atoms with van der Waals surface area (Å²) in [6, 6.07) is 0. The Labute approximate surface area is 215 Å². The molecule has 3 heteroatoms. The molecule has 0 aliphatic heterocycles. The van der Waals surface area contributed by atoms with Crippen molar-refractivity contribution in [3.63, 3.8) is 0 Å². The zero-order valence-corrected chi connectivity index (χ0v) is 24.4. The average molecular weight is 484 g/mol. The van der Waals surface area contributed by atoms with Crippen LogP contribution in [0.3, 0.4) is 0 Å². The molecule has 0 saturated heterocycles. The summed E-state index contributed by atoms with van der Waals surface area (Å²) in [6.07, 6.45) is 9.18. The molecule has 1 N–H and O–H groups in total. The maximum atomic E-state index is 12.7. The van der Waals surface area contributed by atoms with E-state index in [2.05, 4.69) is 67.6 Å². The molecule has 35 heavy (non-hydrogen) atoms. The van der Waals surface area contributed by atoms with Crippen LogP contribution in [-0.4, -0.2) is 19.2 Å². The lowest BCUT2D eigenvalue weighted by Gasteiger charge is -2.81. The van der Waals surface area contributed by atoms with E-state index in [1.54, 1.807) is 7.05 Å². The smallest absolute Gasteiger partial charge is 0.407 e. The standard InChI is InChI=1S/C32H53NO2/c1-27(2)18-11-12-30(7,21(27)13-18)24-16-19-14-22(28(19,3)4)31(24,8)32(9)23-15-20(29(23,5)6)17-25(32)35-26(34)33-10/h18-25H,11-17H2,1-10H3,(H,33,34). The maximum Gasteiger partial charge on any atom is 0.407 e. The van der Waals surface area contributed by atoms with Crippen LogP contribution in [0.25, 0.3) is 0 Å². The molecular weight excluding hydrogens is 430 g/mol. The number of hydrogen-bond acceptors (Lipinski definition) is 2. The first kappa shape index (κ1) is 24.6. The SMILES string of the molecule is CNC(=O)OC1CC2CC(C2(C)C)C1(C)C1(C)C2CC(CC1C1(C)CCC3CC1C3(C)C)C2(C)C. The van der Waals surface area contributed by atoms with E-state index >= 15 is 0 Å². The molecule has 0 spiro atoms. The number of fused-ring (bicyclic) bond motifs is 8. The fraction of sp³-hybridized carbons (Fsp3) is 0.969. The molecule has 11 atom stereocenters. The zero-order chi connectivity index (χ0) is 25.6. The Morgan fingerprint density at radius 2 is 1.14 bits per heavy atom. The number of ether oxygens (including phenoxy) is 1. The average Bonchev–Trinajstić information content (AvgIpc) is 2.78. The summed E-state index contributed by atoms with van der Waals surface area (Å²) in [7, 11) is 1.72. The van der Waals surface area contributed by atoms with Crippen LogP contribution in [0.5, 0.6) is 0 Å². The van der Waals surface area contributed by atoms with Gasteiger partial charge in [0.2, 0.25) is 0 Å². The number of rotatable bonds is 3. The Bertz CT molecular complexity index is 934. The van der Waals surface area contributed by atoms with E-state index in [1.165, 1.54) is 38.5 Å². The van der Waals surface area contributed by atoms with Crippen molar-refractivity contribution in [2.75, 3.05) is 7.05 Å². The minimum absolute atomic E-state index is 0.00347. The molecule has 9 rings (SSSR count). The molecule has 1 amide bonds. The van der Waals surface area contributed by atoms with Gasteiger partial charge in [-0.3, -0.25) is 0 Å². The van der Waals surface area contributed by atoms with Crippen molar-refractivity contribution in [3.05, 3.63) is 0 Å². The number of alkyl carbamates (subject to hydrolysis) is 1. The Balaban J connectivity index is 1.50. The van der Waals surface area contributed by atoms with Gasteiger partial charge in [0.25, 0.3) is 0 Å². The summed E-state index contributed by atoms with van der Waals surface area (Å²) in [5.74, 6) is 5.36. The number of hydrogen-bond donors (Lipinski definition) is 1. The number of amides is 1.